The number of carbonyl (C=O) groups excluding carboxylic acids is 1. The maximum Gasteiger partial charge on any atom is 0.326 e. The third-order valence-electron chi connectivity index (χ3n) is 3.62. The summed E-state index contributed by atoms with van der Waals surface area (Å²) in [6.07, 6.45) is 0.167. The maximum absolute atomic E-state index is 12.0. The first-order chi connectivity index (χ1) is 9.28. The number of rotatable bonds is 2. The lowest BCUT2D eigenvalue weighted by Gasteiger charge is -2.27. The Bertz CT molecular complexity index is 505. The zero-order valence-corrected chi connectivity index (χ0v) is 11.7. The fourth-order valence-electron chi connectivity index (χ4n) is 2.67. The van der Waals surface area contributed by atoms with E-state index in [9.17, 15) is 23.1 Å². The number of aliphatic hydroxyl groups excluding tert-OH is 1. The number of hydrogen-bond acceptors (Lipinski definition) is 5. The summed E-state index contributed by atoms with van der Waals surface area (Å²) in [5.74, 6) is -1.17. The highest BCUT2D eigenvalue weighted by Crippen LogP contribution is 2.19. The van der Waals surface area contributed by atoms with E-state index in [-0.39, 0.29) is 24.5 Å². The molecule has 2 aliphatic rings. The van der Waals surface area contributed by atoms with Gasteiger partial charge in [-0.15, -0.1) is 0 Å². The number of sulfone groups is 1. The average Bonchev–Trinajstić information content (AvgIpc) is 2.70. The van der Waals surface area contributed by atoms with Crippen molar-refractivity contribution < 1.29 is 28.2 Å². The first-order valence-corrected chi connectivity index (χ1v) is 8.29. The number of carboxylic acids is 1. The maximum atomic E-state index is 12.0. The Morgan fingerprint density at radius 3 is 2.60 bits per heavy atom. The Kier molecular flexibility index (Phi) is 4.19. The van der Waals surface area contributed by atoms with Crippen molar-refractivity contribution in [3.05, 3.63) is 0 Å². The van der Waals surface area contributed by atoms with Crippen LogP contribution in [-0.2, 0) is 14.6 Å². The van der Waals surface area contributed by atoms with Crippen LogP contribution < -0.4 is 5.32 Å². The van der Waals surface area contributed by atoms with Crippen LogP contribution in [0.3, 0.4) is 0 Å². The SMILES string of the molecule is O=C(O)[C@H]1C[C@@H](O)CN1C(=O)NC1CCCS(=O)(=O)C1. The number of amides is 2. The zero-order chi connectivity index (χ0) is 14.9. The van der Waals surface area contributed by atoms with Crippen molar-refractivity contribution in [2.24, 2.45) is 0 Å². The third kappa shape index (κ3) is 3.40. The number of nitrogens with zero attached hydrogens (tertiary/aromatic N) is 1. The highest BCUT2D eigenvalue weighted by Gasteiger charge is 2.40. The van der Waals surface area contributed by atoms with Crippen molar-refractivity contribution in [2.45, 2.75) is 37.5 Å². The van der Waals surface area contributed by atoms with E-state index in [0.29, 0.717) is 12.8 Å². The molecule has 2 rings (SSSR count). The molecule has 0 bridgehead atoms. The molecule has 0 aromatic rings. The minimum atomic E-state index is -3.14. The Morgan fingerprint density at radius 2 is 2.00 bits per heavy atom. The molecule has 0 aliphatic carbocycles. The van der Waals surface area contributed by atoms with Crippen LogP contribution in [0.2, 0.25) is 0 Å². The average molecular weight is 306 g/mol. The fourth-order valence-corrected chi connectivity index (χ4v) is 4.30. The van der Waals surface area contributed by atoms with Crippen LogP contribution in [0.15, 0.2) is 0 Å². The number of carboxylic acid groups (broad SMARTS) is 1. The van der Waals surface area contributed by atoms with Gasteiger partial charge in [-0.3, -0.25) is 0 Å². The molecule has 0 aromatic carbocycles. The van der Waals surface area contributed by atoms with E-state index in [1.165, 1.54) is 0 Å². The van der Waals surface area contributed by atoms with E-state index in [1.54, 1.807) is 0 Å². The second-order valence-electron chi connectivity index (χ2n) is 5.30. The van der Waals surface area contributed by atoms with Crippen LogP contribution in [0, 0.1) is 0 Å². The van der Waals surface area contributed by atoms with Gasteiger partial charge in [0, 0.05) is 19.0 Å². The quantitative estimate of drug-likeness (QED) is 0.588. The normalized spacial score (nSPS) is 32.9. The van der Waals surface area contributed by atoms with Crippen LogP contribution in [0.5, 0.6) is 0 Å². The van der Waals surface area contributed by atoms with E-state index < -0.39 is 40.0 Å². The Labute approximate surface area is 116 Å². The lowest BCUT2D eigenvalue weighted by atomic mass is 10.2. The molecule has 2 heterocycles. The second-order valence-corrected chi connectivity index (χ2v) is 7.53. The molecule has 2 saturated heterocycles. The Morgan fingerprint density at radius 1 is 1.30 bits per heavy atom. The summed E-state index contributed by atoms with van der Waals surface area (Å²) in [6.45, 7) is -0.0533. The second kappa shape index (κ2) is 5.57. The summed E-state index contributed by atoms with van der Waals surface area (Å²) in [5, 5.41) is 21.0. The van der Waals surface area contributed by atoms with E-state index in [0.717, 1.165) is 4.90 Å². The van der Waals surface area contributed by atoms with Gasteiger partial charge >= 0.3 is 12.0 Å². The van der Waals surface area contributed by atoms with Gasteiger partial charge < -0.3 is 20.4 Å². The molecule has 0 spiro atoms. The Balaban J connectivity index is 1.99. The first-order valence-electron chi connectivity index (χ1n) is 6.47. The number of nitrogens with one attached hydrogen (secondary N) is 1. The van der Waals surface area contributed by atoms with Crippen molar-refractivity contribution in [3.8, 4) is 0 Å². The molecule has 0 radical (unpaired) electrons. The van der Waals surface area contributed by atoms with Gasteiger partial charge in [0.05, 0.1) is 17.6 Å². The molecular weight excluding hydrogens is 288 g/mol. The van der Waals surface area contributed by atoms with E-state index in [2.05, 4.69) is 5.32 Å². The summed E-state index contributed by atoms with van der Waals surface area (Å²) in [6, 6.07) is -2.19. The molecule has 2 fully saturated rings. The van der Waals surface area contributed by atoms with Gasteiger partial charge in [0.2, 0.25) is 0 Å². The number of hydrogen-bond donors (Lipinski definition) is 3. The number of aliphatic carboxylic acids is 1. The molecule has 0 saturated carbocycles. The molecular formula is C11H18N2O6S. The zero-order valence-electron chi connectivity index (χ0n) is 10.9. The molecule has 2 aliphatic heterocycles. The summed E-state index contributed by atoms with van der Waals surface area (Å²) < 4.78 is 23.0. The van der Waals surface area contributed by atoms with E-state index in [1.807, 2.05) is 0 Å². The topological polar surface area (TPSA) is 124 Å². The van der Waals surface area contributed by atoms with Crippen molar-refractivity contribution >= 4 is 21.8 Å². The van der Waals surface area contributed by atoms with Gasteiger partial charge in [0.25, 0.3) is 0 Å². The Hall–Kier alpha value is -1.35. The van der Waals surface area contributed by atoms with Crippen molar-refractivity contribution in [1.82, 2.24) is 10.2 Å². The van der Waals surface area contributed by atoms with Crippen LogP contribution in [0.25, 0.3) is 0 Å². The highest BCUT2D eigenvalue weighted by atomic mass is 32.2. The molecule has 3 atom stereocenters. The lowest BCUT2D eigenvalue weighted by molar-refractivity contribution is -0.141. The van der Waals surface area contributed by atoms with Crippen molar-refractivity contribution in [1.29, 1.82) is 0 Å². The summed E-state index contributed by atoms with van der Waals surface area (Å²) in [4.78, 5) is 24.1. The number of aliphatic hydroxyl groups is 1. The highest BCUT2D eigenvalue weighted by molar-refractivity contribution is 7.91. The largest absolute Gasteiger partial charge is 0.480 e. The summed E-state index contributed by atoms with van der Waals surface area (Å²) in [7, 11) is -3.14. The minimum absolute atomic E-state index is 0.00822. The standard InChI is InChI=1S/C11H18N2O6S/c14-8-4-9(10(15)16)13(5-8)11(17)12-7-2-1-3-20(18,19)6-7/h7-9,14H,1-6H2,(H,12,17)(H,15,16)/t7?,8-,9-/m1/s1. The molecule has 3 N–H and O–H groups in total. The van der Waals surface area contributed by atoms with Crippen LogP contribution in [-0.4, -0.2) is 71.8 Å². The van der Waals surface area contributed by atoms with Crippen molar-refractivity contribution in [3.63, 3.8) is 0 Å². The first kappa shape index (κ1) is 15.0. The van der Waals surface area contributed by atoms with Gasteiger partial charge in [-0.1, -0.05) is 0 Å². The molecule has 9 heteroatoms. The smallest absolute Gasteiger partial charge is 0.326 e. The van der Waals surface area contributed by atoms with Crippen LogP contribution >= 0.6 is 0 Å². The van der Waals surface area contributed by atoms with Gasteiger partial charge in [-0.2, -0.15) is 0 Å². The molecule has 114 valence electrons. The van der Waals surface area contributed by atoms with Gasteiger partial charge in [-0.05, 0) is 12.8 Å². The predicted octanol–water partition coefficient (Wildman–Crippen LogP) is -1.21. The third-order valence-corrected chi connectivity index (χ3v) is 5.44. The monoisotopic (exact) mass is 306 g/mol. The van der Waals surface area contributed by atoms with Crippen LogP contribution in [0.1, 0.15) is 19.3 Å². The van der Waals surface area contributed by atoms with Gasteiger partial charge in [0.15, 0.2) is 9.84 Å². The van der Waals surface area contributed by atoms with Crippen molar-refractivity contribution in [2.75, 3.05) is 18.1 Å². The molecule has 2 amide bonds. The lowest BCUT2D eigenvalue weighted by Crippen LogP contribution is -2.51. The van der Waals surface area contributed by atoms with Gasteiger partial charge in [0.1, 0.15) is 6.04 Å². The minimum Gasteiger partial charge on any atom is -0.480 e. The molecule has 1 unspecified atom stereocenters. The summed E-state index contributed by atoms with van der Waals surface area (Å²) in [5.41, 5.74) is 0. The number of urea groups is 1. The predicted molar refractivity (Wildman–Crippen MR) is 69.0 cm³/mol. The van der Waals surface area contributed by atoms with E-state index >= 15 is 0 Å². The van der Waals surface area contributed by atoms with Gasteiger partial charge in [-0.25, -0.2) is 18.0 Å². The number of likely N-dealkylation sites (tertiary alicyclic amines) is 1. The number of carbonyl (C=O) groups is 2. The number of β-amino-alcohol motifs (C(OH)–C–C–N with tert-alkyl or cyclic N) is 1. The molecule has 20 heavy (non-hydrogen) atoms. The van der Waals surface area contributed by atoms with E-state index in [4.69, 9.17) is 5.11 Å². The molecule has 8 nitrogen and oxygen atoms in total. The van der Waals surface area contributed by atoms with Crippen LogP contribution in [0.4, 0.5) is 4.79 Å². The molecule has 0 aromatic heterocycles. The fraction of sp³-hybridized carbons (Fsp3) is 0.818. The summed E-state index contributed by atoms with van der Waals surface area (Å²) >= 11 is 0.